The molecule has 0 spiro atoms. The number of carbonyl (C=O) groups is 2. The van der Waals surface area contributed by atoms with Crippen LogP contribution in [-0.2, 0) is 0 Å². The van der Waals surface area contributed by atoms with Crippen LogP contribution in [0.1, 0.15) is 33.2 Å². The van der Waals surface area contributed by atoms with E-state index in [-0.39, 0.29) is 11.6 Å². The van der Waals surface area contributed by atoms with Gasteiger partial charge in [0.2, 0.25) is 0 Å². The van der Waals surface area contributed by atoms with Crippen molar-refractivity contribution in [3.63, 3.8) is 0 Å². The molecule has 0 saturated heterocycles. The maximum Gasteiger partial charge on any atom is 0.169 e. The van der Waals surface area contributed by atoms with Crippen molar-refractivity contribution < 1.29 is 9.59 Å². The van der Waals surface area contributed by atoms with Crippen LogP contribution in [0.2, 0.25) is 0 Å². The quantitative estimate of drug-likeness (QED) is 0.238. The molecule has 0 amide bonds. The summed E-state index contributed by atoms with van der Waals surface area (Å²) in [5, 5.41) is 4.41. The van der Waals surface area contributed by atoms with Crippen molar-refractivity contribution in [1.29, 1.82) is 0 Å². The molecular formula is C30H20O2S2. The summed E-state index contributed by atoms with van der Waals surface area (Å²) in [6.07, 6.45) is 0. The largest absolute Gasteiger partial charge is 0.294 e. The Morgan fingerprint density at radius 1 is 0.559 bits per heavy atom. The highest BCUT2D eigenvalue weighted by Crippen LogP contribution is 2.49. The van der Waals surface area contributed by atoms with Gasteiger partial charge in [-0.05, 0) is 59.0 Å². The maximum atomic E-state index is 12.4. The van der Waals surface area contributed by atoms with Gasteiger partial charge in [-0.15, -0.1) is 22.7 Å². The van der Waals surface area contributed by atoms with E-state index < -0.39 is 0 Å². The minimum atomic E-state index is 0.0614. The molecule has 6 rings (SSSR count). The third-order valence-corrected chi connectivity index (χ3v) is 8.91. The summed E-state index contributed by atoms with van der Waals surface area (Å²) in [5.74, 6) is 0.123. The van der Waals surface area contributed by atoms with E-state index in [1.54, 1.807) is 13.8 Å². The molecule has 2 aromatic heterocycles. The van der Waals surface area contributed by atoms with Gasteiger partial charge in [0.05, 0.1) is 19.2 Å². The third kappa shape index (κ3) is 3.22. The van der Waals surface area contributed by atoms with Gasteiger partial charge in [-0.1, -0.05) is 72.8 Å². The number of Topliss-reactive ketones (excluding diaryl/α,β-unsaturated/α-hetero) is 2. The van der Waals surface area contributed by atoms with E-state index in [2.05, 4.69) is 60.7 Å². The predicted molar refractivity (Wildman–Crippen MR) is 146 cm³/mol. The molecule has 2 nitrogen and oxygen atoms in total. The highest BCUT2D eigenvalue weighted by atomic mass is 32.1. The molecule has 0 aliphatic heterocycles. The minimum absolute atomic E-state index is 0.0614. The average molecular weight is 477 g/mol. The number of thiophene rings is 2. The molecule has 4 aromatic carbocycles. The SMILES string of the molecule is CC(=O)c1cc2c(s1)c1sc(C(C)=O)cc1c1c(-c3ccccc3)ccc(-c3ccccc3)c21. The number of fused-ring (bicyclic) bond motifs is 6. The zero-order chi connectivity index (χ0) is 23.4. The Bertz CT molecular complexity index is 1610. The summed E-state index contributed by atoms with van der Waals surface area (Å²) in [7, 11) is 0. The number of hydrogen-bond donors (Lipinski definition) is 0. The lowest BCUT2D eigenvalue weighted by Crippen LogP contribution is -1.88. The van der Waals surface area contributed by atoms with E-state index in [0.29, 0.717) is 0 Å². The molecule has 164 valence electrons. The molecule has 0 saturated carbocycles. The first-order valence-electron chi connectivity index (χ1n) is 11.1. The standard InChI is InChI=1S/C30H20O2S2/c1-17(31)25-15-23-27-21(19-9-5-3-6-10-19)13-14-22(20-11-7-4-8-12-20)28(27)24-16-26(18(2)32)34-30(24)29(23)33-25/h3-16H,1-2H3. The monoisotopic (exact) mass is 476 g/mol. The van der Waals surface area contributed by atoms with E-state index in [4.69, 9.17) is 0 Å². The van der Waals surface area contributed by atoms with Crippen LogP contribution in [0.25, 0.3) is 53.2 Å². The first-order valence-corrected chi connectivity index (χ1v) is 12.7. The van der Waals surface area contributed by atoms with Gasteiger partial charge in [0.15, 0.2) is 11.6 Å². The fraction of sp³-hybridized carbons (Fsp3) is 0.0667. The summed E-state index contributed by atoms with van der Waals surface area (Å²) < 4.78 is 2.15. The lowest BCUT2D eigenvalue weighted by atomic mass is 9.88. The summed E-state index contributed by atoms with van der Waals surface area (Å²) in [5.41, 5.74) is 4.52. The molecule has 6 aromatic rings. The van der Waals surface area contributed by atoms with E-state index >= 15 is 0 Å². The number of rotatable bonds is 4. The number of ketones is 2. The van der Waals surface area contributed by atoms with Gasteiger partial charge < -0.3 is 0 Å². The Morgan fingerprint density at radius 2 is 0.941 bits per heavy atom. The summed E-state index contributed by atoms with van der Waals surface area (Å²) in [6, 6.07) is 29.2. The lowest BCUT2D eigenvalue weighted by molar-refractivity contribution is 0.101. The zero-order valence-corrected chi connectivity index (χ0v) is 20.3. The van der Waals surface area contributed by atoms with Gasteiger partial charge in [0.1, 0.15) is 0 Å². The van der Waals surface area contributed by atoms with Crippen LogP contribution < -0.4 is 0 Å². The number of carbonyl (C=O) groups excluding carboxylic acids is 2. The lowest BCUT2D eigenvalue weighted by Gasteiger charge is -2.15. The van der Waals surface area contributed by atoms with Crippen molar-refractivity contribution in [2.45, 2.75) is 13.8 Å². The van der Waals surface area contributed by atoms with Crippen molar-refractivity contribution in [2.24, 2.45) is 0 Å². The Hall–Kier alpha value is -3.60. The zero-order valence-electron chi connectivity index (χ0n) is 18.7. The molecule has 0 fully saturated rings. The molecule has 0 aliphatic carbocycles. The fourth-order valence-electron chi connectivity index (χ4n) is 4.72. The van der Waals surface area contributed by atoms with Crippen LogP contribution in [0.3, 0.4) is 0 Å². The van der Waals surface area contributed by atoms with Crippen LogP contribution in [0.4, 0.5) is 0 Å². The number of benzene rings is 4. The fourth-order valence-corrected chi connectivity index (χ4v) is 6.99. The smallest absolute Gasteiger partial charge is 0.169 e. The van der Waals surface area contributed by atoms with Crippen molar-refractivity contribution in [1.82, 2.24) is 0 Å². The molecule has 0 atom stereocenters. The predicted octanol–water partition coefficient (Wildman–Crippen LogP) is 9.01. The Kier molecular flexibility index (Phi) is 4.94. The molecule has 0 radical (unpaired) electrons. The van der Waals surface area contributed by atoms with Crippen LogP contribution in [0.15, 0.2) is 84.9 Å². The topological polar surface area (TPSA) is 34.1 Å². The van der Waals surface area contributed by atoms with E-state index in [9.17, 15) is 9.59 Å². The van der Waals surface area contributed by atoms with Crippen molar-refractivity contribution in [2.75, 3.05) is 0 Å². The van der Waals surface area contributed by atoms with Gasteiger partial charge in [0, 0.05) is 10.8 Å². The molecule has 2 heterocycles. The first kappa shape index (κ1) is 21.0. The molecule has 0 N–H and O–H groups in total. The van der Waals surface area contributed by atoms with E-state index in [0.717, 1.165) is 63.0 Å². The van der Waals surface area contributed by atoms with Crippen LogP contribution in [0, 0.1) is 0 Å². The second-order valence-electron chi connectivity index (χ2n) is 8.46. The third-order valence-electron chi connectivity index (χ3n) is 6.28. The second-order valence-corrected chi connectivity index (χ2v) is 10.6. The van der Waals surface area contributed by atoms with Crippen molar-refractivity contribution in [3.8, 4) is 22.3 Å². The highest BCUT2D eigenvalue weighted by molar-refractivity contribution is 7.29. The molecule has 0 unspecified atom stereocenters. The summed E-state index contributed by atoms with van der Waals surface area (Å²) >= 11 is 3.06. The molecule has 0 aliphatic rings. The molecule has 4 heteroatoms. The normalized spacial score (nSPS) is 11.5. The van der Waals surface area contributed by atoms with Crippen molar-refractivity contribution >= 4 is 65.2 Å². The Labute approximate surface area is 205 Å². The molecular weight excluding hydrogens is 456 g/mol. The van der Waals surface area contributed by atoms with Gasteiger partial charge in [-0.25, -0.2) is 0 Å². The number of hydrogen-bond acceptors (Lipinski definition) is 4. The Balaban J connectivity index is 1.90. The average Bonchev–Trinajstić information content (AvgIpc) is 3.50. The second kappa shape index (κ2) is 8.01. The highest BCUT2D eigenvalue weighted by Gasteiger charge is 2.22. The van der Waals surface area contributed by atoms with Crippen LogP contribution >= 0.6 is 22.7 Å². The maximum absolute atomic E-state index is 12.4. The van der Waals surface area contributed by atoms with Crippen LogP contribution in [0.5, 0.6) is 0 Å². The van der Waals surface area contributed by atoms with Gasteiger partial charge in [0.25, 0.3) is 0 Å². The van der Waals surface area contributed by atoms with Crippen LogP contribution in [-0.4, -0.2) is 11.6 Å². The minimum Gasteiger partial charge on any atom is -0.294 e. The van der Waals surface area contributed by atoms with E-state index in [1.807, 2.05) is 24.3 Å². The summed E-state index contributed by atoms with van der Waals surface area (Å²) in [4.78, 5) is 26.3. The Morgan fingerprint density at radius 3 is 1.29 bits per heavy atom. The molecule has 34 heavy (non-hydrogen) atoms. The van der Waals surface area contributed by atoms with Gasteiger partial charge >= 0.3 is 0 Å². The van der Waals surface area contributed by atoms with Gasteiger partial charge in [-0.2, -0.15) is 0 Å². The summed E-state index contributed by atoms with van der Waals surface area (Å²) in [6.45, 7) is 3.24. The molecule has 0 bridgehead atoms. The van der Waals surface area contributed by atoms with Crippen molar-refractivity contribution in [3.05, 3.63) is 94.7 Å². The van der Waals surface area contributed by atoms with E-state index in [1.165, 1.54) is 22.7 Å². The first-order chi connectivity index (χ1) is 16.5. The van der Waals surface area contributed by atoms with Gasteiger partial charge in [-0.3, -0.25) is 9.59 Å².